The monoisotopic (exact) mass is 414 g/mol. The lowest BCUT2D eigenvalue weighted by Crippen LogP contribution is -2.25. The molecule has 2 rings (SSSR count). The maximum Gasteiger partial charge on any atom is 0.228 e. The van der Waals surface area contributed by atoms with Crippen molar-refractivity contribution >= 4 is 11.6 Å². The van der Waals surface area contributed by atoms with Crippen molar-refractivity contribution < 1.29 is 23.8 Å². The topological polar surface area (TPSA) is 61.8 Å². The highest BCUT2D eigenvalue weighted by Gasteiger charge is 2.34. The first-order valence-corrected chi connectivity index (χ1v) is 10.9. The number of para-hydroxylation sites is 1. The molecule has 5 heteroatoms. The summed E-state index contributed by atoms with van der Waals surface area (Å²) < 4.78 is 15.9. The van der Waals surface area contributed by atoms with E-state index in [0.29, 0.717) is 17.6 Å². The summed E-state index contributed by atoms with van der Waals surface area (Å²) in [6, 6.07) is 9.93. The lowest BCUT2D eigenvalue weighted by Gasteiger charge is -2.20. The number of ketones is 2. The molecule has 0 spiro atoms. The van der Waals surface area contributed by atoms with Gasteiger partial charge < -0.3 is 14.2 Å². The standard InChI is InChI=1S/C25H34O5/c1-19-21(23(27)25(29-3)24(28-2)22(19)26)17-13-8-6-4-5-7-9-14-18-30-20-15-11-10-12-16-20/h10-12,15-16H,4-9,13-14,17-18H2,1-3H3. The van der Waals surface area contributed by atoms with E-state index in [9.17, 15) is 9.59 Å². The predicted molar refractivity (Wildman–Crippen MR) is 117 cm³/mol. The number of hydrogen-bond donors (Lipinski definition) is 0. The molecule has 30 heavy (non-hydrogen) atoms. The van der Waals surface area contributed by atoms with Gasteiger partial charge in [-0.05, 0) is 38.3 Å². The molecule has 1 aliphatic rings. The van der Waals surface area contributed by atoms with Crippen LogP contribution < -0.4 is 4.74 Å². The minimum Gasteiger partial charge on any atom is -0.494 e. The number of allylic oxidation sites excluding steroid dienone is 2. The number of hydrogen-bond acceptors (Lipinski definition) is 5. The molecule has 1 aliphatic carbocycles. The molecule has 0 N–H and O–H groups in total. The molecule has 0 aliphatic heterocycles. The predicted octanol–water partition coefficient (Wildman–Crippen LogP) is 5.55. The first kappa shape index (κ1) is 23.7. The molecule has 0 heterocycles. The van der Waals surface area contributed by atoms with E-state index >= 15 is 0 Å². The highest BCUT2D eigenvalue weighted by molar-refractivity contribution is 6.23. The summed E-state index contributed by atoms with van der Waals surface area (Å²) in [7, 11) is 2.78. The van der Waals surface area contributed by atoms with Crippen molar-refractivity contribution in [1.29, 1.82) is 0 Å². The van der Waals surface area contributed by atoms with E-state index in [1.54, 1.807) is 6.92 Å². The summed E-state index contributed by atoms with van der Waals surface area (Å²) in [6.07, 6.45) is 9.61. The zero-order valence-electron chi connectivity index (χ0n) is 18.5. The van der Waals surface area contributed by atoms with Crippen LogP contribution >= 0.6 is 0 Å². The van der Waals surface area contributed by atoms with E-state index in [1.807, 2.05) is 30.3 Å². The molecule has 0 saturated heterocycles. The average Bonchev–Trinajstić information content (AvgIpc) is 2.77. The molecule has 164 valence electrons. The Hall–Kier alpha value is -2.56. The van der Waals surface area contributed by atoms with Crippen molar-refractivity contribution in [3.8, 4) is 5.75 Å². The second-order valence-corrected chi connectivity index (χ2v) is 7.57. The van der Waals surface area contributed by atoms with Gasteiger partial charge in [-0.25, -0.2) is 0 Å². The number of unbranched alkanes of at least 4 members (excludes halogenated alkanes) is 7. The Morgan fingerprint density at radius 1 is 0.700 bits per heavy atom. The van der Waals surface area contributed by atoms with Crippen LogP contribution in [0.5, 0.6) is 5.75 Å². The molecule has 0 aromatic heterocycles. The summed E-state index contributed by atoms with van der Waals surface area (Å²) in [4.78, 5) is 24.9. The average molecular weight is 415 g/mol. The van der Waals surface area contributed by atoms with Gasteiger partial charge >= 0.3 is 0 Å². The molecule has 0 unspecified atom stereocenters. The lowest BCUT2D eigenvalue weighted by atomic mass is 9.89. The molecule has 0 amide bonds. The number of methoxy groups -OCH3 is 2. The van der Waals surface area contributed by atoms with E-state index in [2.05, 4.69) is 0 Å². The molecule has 0 saturated carbocycles. The zero-order chi connectivity index (χ0) is 21.8. The Kier molecular flexibility index (Phi) is 10.2. The van der Waals surface area contributed by atoms with Crippen LogP contribution in [-0.2, 0) is 19.1 Å². The van der Waals surface area contributed by atoms with Crippen LogP contribution in [0.2, 0.25) is 0 Å². The zero-order valence-corrected chi connectivity index (χ0v) is 18.5. The number of carbonyl (C=O) groups excluding carboxylic acids is 2. The largest absolute Gasteiger partial charge is 0.494 e. The Labute approximate surface area is 180 Å². The fourth-order valence-corrected chi connectivity index (χ4v) is 3.66. The van der Waals surface area contributed by atoms with Crippen molar-refractivity contribution in [2.75, 3.05) is 20.8 Å². The second kappa shape index (κ2) is 12.9. The van der Waals surface area contributed by atoms with Gasteiger partial charge in [0.05, 0.1) is 20.8 Å². The highest BCUT2D eigenvalue weighted by atomic mass is 16.5. The first-order chi connectivity index (χ1) is 14.6. The molecular formula is C25H34O5. The summed E-state index contributed by atoms with van der Waals surface area (Å²) in [5.41, 5.74) is 1.05. The minimum absolute atomic E-state index is 0.0120. The third-order valence-corrected chi connectivity index (χ3v) is 5.43. The molecule has 5 nitrogen and oxygen atoms in total. The smallest absolute Gasteiger partial charge is 0.228 e. The number of Topliss-reactive ketones (excluding diaryl/α,β-unsaturated/α-hetero) is 2. The van der Waals surface area contributed by atoms with Gasteiger partial charge in [0.25, 0.3) is 0 Å². The fraction of sp³-hybridized carbons (Fsp3) is 0.520. The van der Waals surface area contributed by atoms with Gasteiger partial charge in [0, 0.05) is 11.1 Å². The molecule has 0 atom stereocenters. The Morgan fingerprint density at radius 2 is 1.23 bits per heavy atom. The maximum absolute atomic E-state index is 12.6. The van der Waals surface area contributed by atoms with Gasteiger partial charge in [-0.3, -0.25) is 9.59 Å². The summed E-state index contributed by atoms with van der Waals surface area (Å²) in [6.45, 7) is 2.47. The van der Waals surface area contributed by atoms with Gasteiger partial charge in [0.2, 0.25) is 23.1 Å². The van der Waals surface area contributed by atoms with Crippen molar-refractivity contribution in [3.63, 3.8) is 0 Å². The van der Waals surface area contributed by atoms with E-state index in [0.717, 1.165) is 38.0 Å². The van der Waals surface area contributed by atoms with E-state index < -0.39 is 0 Å². The van der Waals surface area contributed by atoms with Crippen LogP contribution in [0.1, 0.15) is 64.7 Å². The lowest BCUT2D eigenvalue weighted by molar-refractivity contribution is -0.121. The number of rotatable bonds is 14. The molecule has 0 fully saturated rings. The Balaban J connectivity index is 1.56. The van der Waals surface area contributed by atoms with E-state index in [1.165, 1.54) is 39.9 Å². The quantitative estimate of drug-likeness (QED) is 0.295. The van der Waals surface area contributed by atoms with Gasteiger partial charge in [0.1, 0.15) is 5.75 Å². The third-order valence-electron chi connectivity index (χ3n) is 5.43. The molecule has 0 bridgehead atoms. The summed E-state index contributed by atoms with van der Waals surface area (Å²) in [5, 5.41) is 0. The Bertz CT molecular complexity index is 761. The van der Waals surface area contributed by atoms with Crippen LogP contribution in [0.25, 0.3) is 0 Å². The van der Waals surface area contributed by atoms with Gasteiger partial charge in [0.15, 0.2) is 0 Å². The normalized spacial score (nSPS) is 14.4. The molecule has 0 radical (unpaired) electrons. The highest BCUT2D eigenvalue weighted by Crippen LogP contribution is 2.28. The van der Waals surface area contributed by atoms with Crippen LogP contribution in [0.4, 0.5) is 0 Å². The fourth-order valence-electron chi connectivity index (χ4n) is 3.66. The number of benzene rings is 1. The van der Waals surface area contributed by atoms with Gasteiger partial charge in [-0.2, -0.15) is 0 Å². The van der Waals surface area contributed by atoms with Crippen LogP contribution in [0.15, 0.2) is 53.0 Å². The van der Waals surface area contributed by atoms with Crippen molar-refractivity contribution in [2.24, 2.45) is 0 Å². The van der Waals surface area contributed by atoms with Gasteiger partial charge in [-0.15, -0.1) is 0 Å². The van der Waals surface area contributed by atoms with Crippen molar-refractivity contribution in [1.82, 2.24) is 0 Å². The molecule has 1 aromatic rings. The van der Waals surface area contributed by atoms with Crippen LogP contribution in [0, 0.1) is 0 Å². The number of ether oxygens (including phenoxy) is 3. The van der Waals surface area contributed by atoms with Crippen molar-refractivity contribution in [3.05, 3.63) is 53.0 Å². The first-order valence-electron chi connectivity index (χ1n) is 10.9. The Morgan fingerprint density at radius 3 is 1.83 bits per heavy atom. The molecular weight excluding hydrogens is 380 g/mol. The van der Waals surface area contributed by atoms with E-state index in [4.69, 9.17) is 14.2 Å². The summed E-state index contributed by atoms with van der Waals surface area (Å²) >= 11 is 0. The number of carbonyl (C=O) groups is 2. The minimum atomic E-state index is -0.250. The third kappa shape index (κ3) is 6.75. The SMILES string of the molecule is COC1=C(OC)C(=O)C(CCCCCCCCCCOc2ccccc2)=C(C)C1=O. The summed E-state index contributed by atoms with van der Waals surface area (Å²) in [5.74, 6) is 0.509. The van der Waals surface area contributed by atoms with Crippen molar-refractivity contribution in [2.45, 2.75) is 64.7 Å². The van der Waals surface area contributed by atoms with Crippen LogP contribution in [0.3, 0.4) is 0 Å². The van der Waals surface area contributed by atoms with E-state index in [-0.39, 0.29) is 23.1 Å². The maximum atomic E-state index is 12.6. The second-order valence-electron chi connectivity index (χ2n) is 7.57. The van der Waals surface area contributed by atoms with Gasteiger partial charge in [-0.1, -0.05) is 56.7 Å². The van der Waals surface area contributed by atoms with Crippen LogP contribution in [-0.4, -0.2) is 32.4 Å². The molecule has 1 aromatic carbocycles.